The third-order valence-corrected chi connectivity index (χ3v) is 14.0. The zero-order valence-electron chi connectivity index (χ0n) is 24.0. The maximum Gasteiger partial charge on any atom is -0.0126 e. The topological polar surface area (TPSA) is 0 Å². The smallest absolute Gasteiger partial charge is 0.0126 e. The third kappa shape index (κ3) is 6.89. The Morgan fingerprint density at radius 3 is 1.56 bits per heavy atom. The van der Waals surface area contributed by atoms with Crippen LogP contribution in [0.5, 0.6) is 0 Å². The quantitative estimate of drug-likeness (QED) is 0.130. The van der Waals surface area contributed by atoms with E-state index >= 15 is 0 Å². The van der Waals surface area contributed by atoms with Crippen LogP contribution in [-0.4, -0.2) is 5.66 Å². The molecule has 0 amide bonds. The van der Waals surface area contributed by atoms with Gasteiger partial charge < -0.3 is 0 Å². The minimum atomic E-state index is -0.566. The molecule has 1 fully saturated rings. The molecule has 0 spiro atoms. The van der Waals surface area contributed by atoms with Gasteiger partial charge in [-0.3, -0.25) is 0 Å². The molecule has 5 aromatic carbocycles. The van der Waals surface area contributed by atoms with Gasteiger partial charge >= 0.3 is 0 Å². The van der Waals surface area contributed by atoms with Crippen LogP contribution in [0.2, 0.25) is 0 Å². The van der Waals surface area contributed by atoms with Crippen LogP contribution in [0.1, 0.15) is 38.2 Å². The summed E-state index contributed by atoms with van der Waals surface area (Å²) in [6.45, 7) is 2.54. The fourth-order valence-electron chi connectivity index (χ4n) is 6.65. The van der Waals surface area contributed by atoms with E-state index in [1.807, 2.05) is 0 Å². The molecular formula is C39H40P2. The monoisotopic (exact) mass is 570 g/mol. The molecule has 2 heteroatoms. The Bertz CT molecular complexity index is 1410. The second-order valence-corrected chi connectivity index (χ2v) is 16.2. The summed E-state index contributed by atoms with van der Waals surface area (Å²) in [5, 5.41) is 7.38. The lowest BCUT2D eigenvalue weighted by Crippen LogP contribution is -2.24. The molecule has 0 bridgehead atoms. The largest absolute Gasteiger partial charge is 0.0622 e. The molecule has 0 N–H and O–H groups in total. The summed E-state index contributed by atoms with van der Waals surface area (Å²) in [7, 11) is -0.920. The van der Waals surface area contributed by atoms with Crippen LogP contribution in [0.3, 0.4) is 0 Å². The predicted octanol–water partition coefficient (Wildman–Crippen LogP) is 8.32. The minimum Gasteiger partial charge on any atom is -0.0622 e. The second-order valence-electron chi connectivity index (χ2n) is 11.5. The Kier molecular flexibility index (Phi) is 9.42. The van der Waals surface area contributed by atoms with Crippen LogP contribution >= 0.6 is 15.8 Å². The Hall–Kier alpha value is -3.04. The van der Waals surface area contributed by atoms with E-state index in [0.717, 1.165) is 11.6 Å². The van der Waals surface area contributed by atoms with Crippen molar-refractivity contribution in [3.05, 3.63) is 151 Å². The van der Waals surface area contributed by atoms with Crippen molar-refractivity contribution in [2.75, 3.05) is 0 Å². The average Bonchev–Trinajstić information content (AvgIpc) is 3.20. The maximum absolute atomic E-state index is 2.54. The van der Waals surface area contributed by atoms with E-state index < -0.39 is 7.92 Å². The molecule has 0 nitrogen and oxygen atoms in total. The number of hydrogen-bond acceptors (Lipinski definition) is 0. The fourth-order valence-corrected chi connectivity index (χ4v) is 12.1. The first-order valence-corrected chi connectivity index (χ1v) is 17.9. The predicted molar refractivity (Wildman–Crippen MR) is 183 cm³/mol. The minimum absolute atomic E-state index is 0.354. The zero-order valence-corrected chi connectivity index (χ0v) is 25.8. The van der Waals surface area contributed by atoms with Gasteiger partial charge in [-0.2, -0.15) is 0 Å². The van der Waals surface area contributed by atoms with E-state index in [1.165, 1.54) is 64.2 Å². The van der Waals surface area contributed by atoms with Gasteiger partial charge in [-0.25, -0.2) is 0 Å². The number of hydrogen-bond donors (Lipinski definition) is 0. The van der Waals surface area contributed by atoms with Crippen molar-refractivity contribution >= 4 is 42.4 Å². The standard InChI is InChI=1S/C39H40P2/c1-31-28-38(40(34-18-6-2-7-19-34)35-20-8-3-9-21-35)27-15-17-33(31)29-32-16-14-26-39(30-32)41(36-22-10-4-11-23-36)37-24-12-5-13-25-37/h2-14,16,18-26,30-31,33,38H,15,17,27-29H2,1H3. The highest BCUT2D eigenvalue weighted by Crippen LogP contribution is 2.48. The summed E-state index contributed by atoms with van der Waals surface area (Å²) in [5.74, 6) is 1.45. The van der Waals surface area contributed by atoms with Crippen LogP contribution in [0, 0.1) is 11.8 Å². The lowest BCUT2D eigenvalue weighted by molar-refractivity contribution is 0.337. The van der Waals surface area contributed by atoms with Gasteiger partial charge in [0.2, 0.25) is 0 Å². The average molecular weight is 571 g/mol. The maximum atomic E-state index is 2.54. The highest BCUT2D eigenvalue weighted by Gasteiger charge is 2.31. The highest BCUT2D eigenvalue weighted by molar-refractivity contribution is 7.79. The summed E-state index contributed by atoms with van der Waals surface area (Å²) in [4.78, 5) is 0. The van der Waals surface area contributed by atoms with Gasteiger partial charge in [-0.1, -0.05) is 159 Å². The van der Waals surface area contributed by atoms with Gasteiger partial charge in [-0.15, -0.1) is 0 Å². The fraction of sp³-hybridized carbons (Fsp3) is 0.231. The van der Waals surface area contributed by atoms with Gasteiger partial charge in [0.25, 0.3) is 0 Å². The summed E-state index contributed by atoms with van der Waals surface area (Å²) in [5.41, 5.74) is 2.25. The molecule has 0 aromatic heterocycles. The van der Waals surface area contributed by atoms with Crippen molar-refractivity contribution in [3.63, 3.8) is 0 Å². The van der Waals surface area contributed by atoms with Gasteiger partial charge in [0.1, 0.15) is 0 Å². The van der Waals surface area contributed by atoms with E-state index in [0.29, 0.717) is 5.92 Å². The lowest BCUT2D eigenvalue weighted by Gasteiger charge is -2.30. The SMILES string of the molecule is CC1CC(P(c2ccccc2)c2ccccc2)CCCC1Cc1cccc(P(c2ccccc2)c2ccccc2)c1. The van der Waals surface area contributed by atoms with Crippen LogP contribution in [0.4, 0.5) is 0 Å². The van der Waals surface area contributed by atoms with Crippen molar-refractivity contribution in [1.29, 1.82) is 0 Å². The van der Waals surface area contributed by atoms with Gasteiger partial charge in [0.15, 0.2) is 0 Å². The Labute approximate surface area is 249 Å². The zero-order chi connectivity index (χ0) is 27.9. The Balaban J connectivity index is 1.23. The molecule has 0 radical (unpaired) electrons. The molecule has 5 aromatic rings. The molecule has 206 valence electrons. The molecule has 0 saturated heterocycles. The van der Waals surface area contributed by atoms with E-state index in [9.17, 15) is 0 Å². The first-order chi connectivity index (χ1) is 20.3. The highest BCUT2D eigenvalue weighted by atomic mass is 31.1. The summed E-state index contributed by atoms with van der Waals surface area (Å²) in [6.07, 6.45) is 6.51. The lowest BCUT2D eigenvalue weighted by atomic mass is 9.84. The van der Waals surface area contributed by atoms with Crippen molar-refractivity contribution in [2.24, 2.45) is 11.8 Å². The van der Waals surface area contributed by atoms with Crippen molar-refractivity contribution < 1.29 is 0 Å². The van der Waals surface area contributed by atoms with Crippen LogP contribution in [0.25, 0.3) is 0 Å². The molecule has 1 aliphatic rings. The molecular weight excluding hydrogens is 530 g/mol. The first-order valence-electron chi connectivity index (χ1n) is 15.1. The van der Waals surface area contributed by atoms with E-state index in [4.69, 9.17) is 0 Å². The Morgan fingerprint density at radius 1 is 0.537 bits per heavy atom. The molecule has 41 heavy (non-hydrogen) atoms. The van der Waals surface area contributed by atoms with Crippen LogP contribution in [0.15, 0.2) is 146 Å². The first kappa shape index (κ1) is 28.1. The number of rotatable bonds is 8. The van der Waals surface area contributed by atoms with Gasteiger partial charge in [0, 0.05) is 0 Å². The molecule has 1 aliphatic carbocycles. The molecule has 6 rings (SSSR count). The summed E-state index contributed by atoms with van der Waals surface area (Å²) < 4.78 is 0. The van der Waals surface area contributed by atoms with E-state index in [2.05, 4.69) is 153 Å². The van der Waals surface area contributed by atoms with Crippen LogP contribution < -0.4 is 26.5 Å². The Morgan fingerprint density at radius 2 is 1.02 bits per heavy atom. The second kappa shape index (κ2) is 13.7. The molecule has 3 unspecified atom stereocenters. The van der Waals surface area contributed by atoms with Crippen molar-refractivity contribution in [2.45, 2.75) is 44.7 Å². The van der Waals surface area contributed by atoms with Gasteiger partial charge in [-0.05, 0) is 91.1 Å². The molecule has 0 heterocycles. The van der Waals surface area contributed by atoms with Gasteiger partial charge in [0.05, 0.1) is 0 Å². The molecule has 1 saturated carbocycles. The van der Waals surface area contributed by atoms with E-state index in [-0.39, 0.29) is 7.92 Å². The van der Waals surface area contributed by atoms with Crippen molar-refractivity contribution in [3.8, 4) is 0 Å². The number of benzene rings is 5. The molecule has 3 atom stereocenters. The van der Waals surface area contributed by atoms with Crippen LogP contribution in [-0.2, 0) is 6.42 Å². The summed E-state index contributed by atoms with van der Waals surface area (Å²) in [6, 6.07) is 54.4. The summed E-state index contributed by atoms with van der Waals surface area (Å²) >= 11 is 0. The van der Waals surface area contributed by atoms with E-state index in [1.54, 1.807) is 0 Å². The normalized spacial score (nSPS) is 19.2. The third-order valence-electron chi connectivity index (χ3n) is 8.69. The molecule has 0 aliphatic heterocycles. The van der Waals surface area contributed by atoms with Crippen molar-refractivity contribution in [1.82, 2.24) is 0 Å².